The average Bonchev–Trinajstić information content (AvgIpc) is 3.17. The van der Waals surface area contributed by atoms with Crippen molar-refractivity contribution in [2.24, 2.45) is 0 Å². The Morgan fingerprint density at radius 3 is 3.20 bits per heavy atom. The van der Waals surface area contributed by atoms with Crippen LogP contribution in [0.25, 0.3) is 0 Å². The van der Waals surface area contributed by atoms with E-state index in [-0.39, 0.29) is 5.91 Å². The van der Waals surface area contributed by atoms with Crippen molar-refractivity contribution in [1.29, 1.82) is 0 Å². The van der Waals surface area contributed by atoms with Gasteiger partial charge in [-0.1, -0.05) is 12.1 Å². The van der Waals surface area contributed by atoms with Gasteiger partial charge in [0.05, 0.1) is 5.01 Å². The Kier molecular flexibility index (Phi) is 3.82. The van der Waals surface area contributed by atoms with Gasteiger partial charge < -0.3 is 9.42 Å². The molecule has 1 aliphatic heterocycles. The van der Waals surface area contributed by atoms with Gasteiger partial charge in [-0.15, -0.1) is 11.3 Å². The quantitative estimate of drug-likeness (QED) is 0.872. The summed E-state index contributed by atoms with van der Waals surface area (Å²) in [6, 6.07) is 1.75. The van der Waals surface area contributed by atoms with Gasteiger partial charge in [-0.05, 0) is 12.8 Å². The molecule has 6 heteroatoms. The van der Waals surface area contributed by atoms with Crippen molar-refractivity contribution < 1.29 is 9.32 Å². The van der Waals surface area contributed by atoms with Gasteiger partial charge in [-0.3, -0.25) is 4.79 Å². The van der Waals surface area contributed by atoms with Crippen molar-refractivity contribution >= 4 is 17.2 Å². The van der Waals surface area contributed by atoms with Crippen molar-refractivity contribution in [3.63, 3.8) is 0 Å². The molecule has 5 nitrogen and oxygen atoms in total. The predicted octanol–water partition coefficient (Wildman–Crippen LogP) is 2.71. The van der Waals surface area contributed by atoms with E-state index in [4.69, 9.17) is 4.52 Å². The highest BCUT2D eigenvalue weighted by Gasteiger charge is 2.28. The van der Waals surface area contributed by atoms with Crippen LogP contribution < -0.4 is 0 Å². The van der Waals surface area contributed by atoms with Crippen LogP contribution in [-0.2, 0) is 6.42 Å². The first-order chi connectivity index (χ1) is 9.78. The molecule has 0 aliphatic carbocycles. The molecule has 1 amide bonds. The number of amides is 1. The first kappa shape index (κ1) is 13.3. The van der Waals surface area contributed by atoms with Crippen molar-refractivity contribution in [2.45, 2.75) is 32.1 Å². The normalized spacial score (nSPS) is 19.2. The Morgan fingerprint density at radius 2 is 2.50 bits per heavy atom. The number of carbonyl (C=O) groups is 1. The smallest absolute Gasteiger partial charge is 0.276 e. The second kappa shape index (κ2) is 5.75. The number of piperidine rings is 1. The maximum Gasteiger partial charge on any atom is 0.276 e. The zero-order valence-corrected chi connectivity index (χ0v) is 12.2. The molecular formula is C14H17N3O2S. The number of aromatic nitrogens is 2. The van der Waals surface area contributed by atoms with E-state index < -0.39 is 0 Å². The fourth-order valence-corrected chi connectivity index (χ4v) is 3.31. The Labute approximate surface area is 121 Å². The van der Waals surface area contributed by atoms with Crippen LogP contribution in [0, 0.1) is 0 Å². The van der Waals surface area contributed by atoms with E-state index in [1.165, 1.54) is 0 Å². The zero-order valence-electron chi connectivity index (χ0n) is 11.4. The van der Waals surface area contributed by atoms with Gasteiger partial charge in [0.1, 0.15) is 5.76 Å². The average molecular weight is 291 g/mol. The van der Waals surface area contributed by atoms with Crippen molar-refractivity contribution in [3.8, 4) is 0 Å². The van der Waals surface area contributed by atoms with Gasteiger partial charge in [0.2, 0.25) is 0 Å². The highest BCUT2D eigenvalue weighted by molar-refractivity contribution is 7.09. The molecule has 3 heterocycles. The SMILES string of the molecule is CCc1cc(C(=O)N2CCC[C@@H](c3nccs3)C2)no1. The van der Waals surface area contributed by atoms with E-state index in [1.54, 1.807) is 17.4 Å². The summed E-state index contributed by atoms with van der Waals surface area (Å²) in [4.78, 5) is 18.7. The van der Waals surface area contributed by atoms with Crippen LogP contribution in [0.5, 0.6) is 0 Å². The number of rotatable bonds is 3. The molecule has 0 aromatic carbocycles. The van der Waals surface area contributed by atoms with Gasteiger partial charge in [-0.2, -0.15) is 0 Å². The number of thiazole rings is 1. The van der Waals surface area contributed by atoms with Gasteiger partial charge in [0.15, 0.2) is 5.69 Å². The van der Waals surface area contributed by atoms with E-state index in [1.807, 2.05) is 23.4 Å². The monoisotopic (exact) mass is 291 g/mol. The number of hydrogen-bond acceptors (Lipinski definition) is 5. The van der Waals surface area contributed by atoms with Crippen molar-refractivity contribution in [3.05, 3.63) is 34.1 Å². The van der Waals surface area contributed by atoms with E-state index in [0.29, 0.717) is 11.6 Å². The number of aryl methyl sites for hydroxylation is 1. The minimum atomic E-state index is -0.0327. The summed E-state index contributed by atoms with van der Waals surface area (Å²) in [6.45, 7) is 3.49. The van der Waals surface area contributed by atoms with Crippen LogP contribution >= 0.6 is 11.3 Å². The van der Waals surface area contributed by atoms with E-state index in [0.717, 1.165) is 43.1 Å². The van der Waals surface area contributed by atoms with E-state index >= 15 is 0 Å². The third-order valence-electron chi connectivity index (χ3n) is 3.64. The van der Waals surface area contributed by atoms with Crippen LogP contribution in [0.3, 0.4) is 0 Å². The maximum absolute atomic E-state index is 12.4. The topological polar surface area (TPSA) is 59.2 Å². The number of hydrogen-bond donors (Lipinski definition) is 0. The molecule has 0 saturated carbocycles. The first-order valence-electron chi connectivity index (χ1n) is 6.92. The molecule has 0 bridgehead atoms. The summed E-state index contributed by atoms with van der Waals surface area (Å²) in [5, 5.41) is 6.98. The molecule has 20 heavy (non-hydrogen) atoms. The standard InChI is InChI=1S/C14H17N3O2S/c1-2-11-8-12(16-19-11)14(18)17-6-3-4-10(9-17)13-15-5-7-20-13/h5,7-8,10H,2-4,6,9H2,1H3/t10-/m1/s1. The maximum atomic E-state index is 12.4. The van der Waals surface area contributed by atoms with Crippen LogP contribution in [-0.4, -0.2) is 34.0 Å². The highest BCUT2D eigenvalue weighted by Crippen LogP contribution is 2.28. The summed E-state index contributed by atoms with van der Waals surface area (Å²) < 4.78 is 5.12. The van der Waals surface area contributed by atoms with Crippen LogP contribution in [0.4, 0.5) is 0 Å². The lowest BCUT2D eigenvalue weighted by Crippen LogP contribution is -2.39. The minimum Gasteiger partial charge on any atom is -0.361 e. The fourth-order valence-electron chi connectivity index (χ4n) is 2.54. The summed E-state index contributed by atoms with van der Waals surface area (Å²) in [5.74, 6) is 1.07. The molecule has 1 atom stereocenters. The van der Waals surface area contributed by atoms with Gasteiger partial charge in [0.25, 0.3) is 5.91 Å². The molecule has 106 valence electrons. The number of likely N-dealkylation sites (tertiary alicyclic amines) is 1. The second-order valence-corrected chi connectivity index (χ2v) is 5.92. The minimum absolute atomic E-state index is 0.0327. The fraction of sp³-hybridized carbons (Fsp3) is 0.500. The molecule has 1 aliphatic rings. The van der Waals surface area contributed by atoms with Crippen LogP contribution in [0.1, 0.15) is 46.9 Å². The molecule has 2 aromatic heterocycles. The largest absolute Gasteiger partial charge is 0.361 e. The van der Waals surface area contributed by atoms with Crippen LogP contribution in [0.2, 0.25) is 0 Å². The second-order valence-electron chi connectivity index (χ2n) is 4.99. The molecule has 3 rings (SSSR count). The highest BCUT2D eigenvalue weighted by atomic mass is 32.1. The third kappa shape index (κ3) is 2.60. The molecule has 0 unspecified atom stereocenters. The first-order valence-corrected chi connectivity index (χ1v) is 7.80. The molecule has 1 saturated heterocycles. The molecule has 0 N–H and O–H groups in total. The summed E-state index contributed by atoms with van der Waals surface area (Å²) in [5.41, 5.74) is 0.418. The van der Waals surface area contributed by atoms with Gasteiger partial charge >= 0.3 is 0 Å². The molecule has 0 radical (unpaired) electrons. The van der Waals surface area contributed by atoms with Gasteiger partial charge in [0, 0.05) is 43.1 Å². The van der Waals surface area contributed by atoms with Crippen LogP contribution in [0.15, 0.2) is 22.2 Å². The van der Waals surface area contributed by atoms with Gasteiger partial charge in [-0.25, -0.2) is 4.98 Å². The lowest BCUT2D eigenvalue weighted by atomic mass is 9.98. The Morgan fingerprint density at radius 1 is 1.60 bits per heavy atom. The summed E-state index contributed by atoms with van der Waals surface area (Å²) in [6.07, 6.45) is 4.68. The number of carbonyl (C=O) groups excluding carboxylic acids is 1. The Balaban J connectivity index is 1.71. The predicted molar refractivity (Wildman–Crippen MR) is 75.9 cm³/mol. The van der Waals surface area contributed by atoms with Crippen molar-refractivity contribution in [2.75, 3.05) is 13.1 Å². The molecule has 2 aromatic rings. The lowest BCUT2D eigenvalue weighted by Gasteiger charge is -2.31. The van der Waals surface area contributed by atoms with Crippen molar-refractivity contribution in [1.82, 2.24) is 15.0 Å². The molecule has 0 spiro atoms. The summed E-state index contributed by atoms with van der Waals surface area (Å²) in [7, 11) is 0. The lowest BCUT2D eigenvalue weighted by molar-refractivity contribution is 0.0696. The summed E-state index contributed by atoms with van der Waals surface area (Å²) >= 11 is 1.66. The third-order valence-corrected chi connectivity index (χ3v) is 4.57. The van der Waals surface area contributed by atoms with E-state index in [9.17, 15) is 4.79 Å². The van der Waals surface area contributed by atoms with E-state index in [2.05, 4.69) is 10.1 Å². The zero-order chi connectivity index (χ0) is 13.9. The molecule has 1 fully saturated rings. The Hall–Kier alpha value is -1.69. The Bertz CT molecular complexity index is 579. The molecular weight excluding hydrogens is 274 g/mol. The number of nitrogens with zero attached hydrogens (tertiary/aromatic N) is 3.